The minimum absolute atomic E-state index is 0.108. The number of benzene rings is 1. The molecule has 0 saturated heterocycles. The Hall–Kier alpha value is -1.37. The minimum atomic E-state index is 0.108. The van der Waals surface area contributed by atoms with Crippen molar-refractivity contribution in [2.45, 2.75) is 26.7 Å². The molecule has 0 spiro atoms. The number of rotatable bonds is 4. The standard InChI is InChI=1S/C13H16O/c1-3-4-5-10-13(14)12-9-7-6-8-11(12)2/h5-10H,3-4H2,1-2H3. The molecule has 0 atom stereocenters. The van der Waals surface area contributed by atoms with Crippen LogP contribution in [0, 0.1) is 6.92 Å². The summed E-state index contributed by atoms with van der Waals surface area (Å²) in [5, 5.41) is 0. The van der Waals surface area contributed by atoms with Crippen LogP contribution in [0.1, 0.15) is 35.7 Å². The maximum absolute atomic E-state index is 11.7. The van der Waals surface area contributed by atoms with E-state index in [-0.39, 0.29) is 5.78 Å². The highest BCUT2D eigenvalue weighted by atomic mass is 16.1. The monoisotopic (exact) mass is 188 g/mol. The van der Waals surface area contributed by atoms with Gasteiger partial charge in [0.05, 0.1) is 0 Å². The van der Waals surface area contributed by atoms with Gasteiger partial charge in [-0.1, -0.05) is 43.7 Å². The third-order valence-corrected chi connectivity index (χ3v) is 2.14. The Balaban J connectivity index is 2.75. The highest BCUT2D eigenvalue weighted by molar-refractivity contribution is 6.05. The Bertz CT molecular complexity index is 337. The molecule has 0 radical (unpaired) electrons. The van der Waals surface area contributed by atoms with Gasteiger partial charge < -0.3 is 0 Å². The van der Waals surface area contributed by atoms with Crippen LogP contribution in [0.25, 0.3) is 0 Å². The number of allylic oxidation sites excluding steroid dienone is 2. The molecule has 1 nitrogen and oxygen atoms in total. The zero-order valence-electron chi connectivity index (χ0n) is 8.79. The van der Waals surface area contributed by atoms with Crippen molar-refractivity contribution in [3.8, 4) is 0 Å². The van der Waals surface area contributed by atoms with Crippen LogP contribution in [0.5, 0.6) is 0 Å². The first kappa shape index (κ1) is 10.7. The molecule has 1 rings (SSSR count). The molecule has 1 heteroatoms. The number of hydrogen-bond donors (Lipinski definition) is 0. The summed E-state index contributed by atoms with van der Waals surface area (Å²) < 4.78 is 0. The van der Waals surface area contributed by atoms with Crippen LogP contribution in [0.15, 0.2) is 36.4 Å². The molecule has 0 heterocycles. The smallest absolute Gasteiger partial charge is 0.185 e. The third-order valence-electron chi connectivity index (χ3n) is 2.14. The molecule has 0 aliphatic carbocycles. The van der Waals surface area contributed by atoms with Crippen LogP contribution in [-0.4, -0.2) is 5.78 Å². The van der Waals surface area contributed by atoms with Gasteiger partial charge in [0, 0.05) is 5.56 Å². The largest absolute Gasteiger partial charge is 0.289 e. The Labute approximate surface area is 85.5 Å². The van der Waals surface area contributed by atoms with Crippen molar-refractivity contribution in [3.05, 3.63) is 47.5 Å². The second-order valence-corrected chi connectivity index (χ2v) is 3.37. The highest BCUT2D eigenvalue weighted by Gasteiger charge is 2.03. The van der Waals surface area contributed by atoms with Gasteiger partial charge in [-0.05, 0) is 25.0 Å². The topological polar surface area (TPSA) is 17.1 Å². The van der Waals surface area contributed by atoms with Gasteiger partial charge in [-0.2, -0.15) is 0 Å². The Kier molecular flexibility index (Phi) is 4.11. The Morgan fingerprint density at radius 3 is 2.71 bits per heavy atom. The normalized spacial score (nSPS) is 10.7. The first-order valence-electron chi connectivity index (χ1n) is 5.02. The number of carbonyl (C=O) groups is 1. The number of carbonyl (C=O) groups excluding carboxylic acids is 1. The maximum Gasteiger partial charge on any atom is 0.185 e. The molecule has 1 aromatic carbocycles. The molecular weight excluding hydrogens is 172 g/mol. The molecule has 0 aliphatic heterocycles. The summed E-state index contributed by atoms with van der Waals surface area (Å²) in [5.41, 5.74) is 1.85. The number of unbranched alkanes of at least 4 members (excludes halogenated alkanes) is 1. The molecule has 0 saturated carbocycles. The summed E-state index contributed by atoms with van der Waals surface area (Å²) in [6.07, 6.45) is 5.66. The summed E-state index contributed by atoms with van der Waals surface area (Å²) in [7, 11) is 0. The lowest BCUT2D eigenvalue weighted by Gasteiger charge is -1.99. The third kappa shape index (κ3) is 2.84. The molecule has 0 N–H and O–H groups in total. The van der Waals surface area contributed by atoms with Crippen molar-refractivity contribution >= 4 is 5.78 Å². The lowest BCUT2D eigenvalue weighted by molar-refractivity contribution is 0.104. The Morgan fingerprint density at radius 1 is 1.36 bits per heavy atom. The average molecular weight is 188 g/mol. The Morgan fingerprint density at radius 2 is 2.07 bits per heavy atom. The van der Waals surface area contributed by atoms with Gasteiger partial charge in [0.15, 0.2) is 5.78 Å². The zero-order valence-corrected chi connectivity index (χ0v) is 8.79. The zero-order chi connectivity index (χ0) is 10.4. The van der Waals surface area contributed by atoms with Gasteiger partial charge in [-0.3, -0.25) is 4.79 Å². The lowest BCUT2D eigenvalue weighted by Crippen LogP contribution is -1.96. The van der Waals surface area contributed by atoms with Crippen LogP contribution in [0.2, 0.25) is 0 Å². The second kappa shape index (κ2) is 5.38. The number of aryl methyl sites for hydroxylation is 1. The van der Waals surface area contributed by atoms with E-state index in [0.29, 0.717) is 0 Å². The summed E-state index contributed by atoms with van der Waals surface area (Å²) in [4.78, 5) is 11.7. The summed E-state index contributed by atoms with van der Waals surface area (Å²) in [6, 6.07) is 7.67. The first-order chi connectivity index (χ1) is 6.75. The molecule has 0 amide bonds. The van der Waals surface area contributed by atoms with Crippen molar-refractivity contribution in [1.82, 2.24) is 0 Å². The van der Waals surface area contributed by atoms with E-state index in [0.717, 1.165) is 24.0 Å². The van der Waals surface area contributed by atoms with E-state index in [1.54, 1.807) is 6.08 Å². The molecule has 0 bridgehead atoms. The number of ketones is 1. The van der Waals surface area contributed by atoms with Gasteiger partial charge in [0.25, 0.3) is 0 Å². The van der Waals surface area contributed by atoms with Gasteiger partial charge in [0.1, 0.15) is 0 Å². The van der Waals surface area contributed by atoms with Crippen molar-refractivity contribution in [1.29, 1.82) is 0 Å². The summed E-state index contributed by atoms with van der Waals surface area (Å²) in [6.45, 7) is 4.06. The molecule has 0 unspecified atom stereocenters. The van der Waals surface area contributed by atoms with E-state index < -0.39 is 0 Å². The van der Waals surface area contributed by atoms with Gasteiger partial charge in [-0.15, -0.1) is 0 Å². The van der Waals surface area contributed by atoms with Gasteiger partial charge in [-0.25, -0.2) is 0 Å². The van der Waals surface area contributed by atoms with Gasteiger partial charge in [0.2, 0.25) is 0 Å². The molecule has 0 aromatic heterocycles. The summed E-state index contributed by atoms with van der Waals surface area (Å²) >= 11 is 0. The van der Waals surface area contributed by atoms with Crippen LogP contribution in [-0.2, 0) is 0 Å². The van der Waals surface area contributed by atoms with Crippen molar-refractivity contribution < 1.29 is 4.79 Å². The second-order valence-electron chi connectivity index (χ2n) is 3.37. The first-order valence-corrected chi connectivity index (χ1v) is 5.02. The molecular formula is C13H16O. The van der Waals surface area contributed by atoms with E-state index in [1.165, 1.54) is 0 Å². The van der Waals surface area contributed by atoms with Crippen LogP contribution >= 0.6 is 0 Å². The predicted octanol–water partition coefficient (Wildman–Crippen LogP) is 3.53. The van der Waals surface area contributed by atoms with Crippen LogP contribution in [0.4, 0.5) is 0 Å². The maximum atomic E-state index is 11.7. The van der Waals surface area contributed by atoms with Crippen molar-refractivity contribution in [2.24, 2.45) is 0 Å². The van der Waals surface area contributed by atoms with Crippen molar-refractivity contribution in [2.75, 3.05) is 0 Å². The fourth-order valence-corrected chi connectivity index (χ4v) is 1.30. The lowest BCUT2D eigenvalue weighted by atomic mass is 10.0. The number of hydrogen-bond acceptors (Lipinski definition) is 1. The SMILES string of the molecule is CCCC=CC(=O)c1ccccc1C. The molecule has 0 fully saturated rings. The van der Waals surface area contributed by atoms with Crippen molar-refractivity contribution in [3.63, 3.8) is 0 Å². The van der Waals surface area contributed by atoms with E-state index in [2.05, 4.69) is 6.92 Å². The fraction of sp³-hybridized carbons (Fsp3) is 0.308. The van der Waals surface area contributed by atoms with E-state index >= 15 is 0 Å². The van der Waals surface area contributed by atoms with E-state index in [4.69, 9.17) is 0 Å². The summed E-state index contributed by atoms with van der Waals surface area (Å²) in [5.74, 6) is 0.108. The molecule has 1 aromatic rings. The molecule has 0 aliphatic rings. The average Bonchev–Trinajstić information content (AvgIpc) is 2.18. The highest BCUT2D eigenvalue weighted by Crippen LogP contribution is 2.08. The molecule has 74 valence electrons. The van der Waals surface area contributed by atoms with Crippen LogP contribution < -0.4 is 0 Å². The van der Waals surface area contributed by atoms with Crippen LogP contribution in [0.3, 0.4) is 0 Å². The van der Waals surface area contributed by atoms with Gasteiger partial charge >= 0.3 is 0 Å². The quantitative estimate of drug-likeness (QED) is 0.521. The predicted molar refractivity (Wildman–Crippen MR) is 59.6 cm³/mol. The van der Waals surface area contributed by atoms with E-state index in [1.807, 2.05) is 37.3 Å². The molecule has 14 heavy (non-hydrogen) atoms. The fourth-order valence-electron chi connectivity index (χ4n) is 1.30. The minimum Gasteiger partial charge on any atom is -0.289 e. The van der Waals surface area contributed by atoms with E-state index in [9.17, 15) is 4.79 Å².